The third-order valence-corrected chi connectivity index (χ3v) is 3.31. The molecule has 0 aromatic rings. The molecule has 1 aliphatic rings. The average Bonchev–Trinajstić information content (AvgIpc) is 2.08. The van der Waals surface area contributed by atoms with Crippen molar-refractivity contribution < 1.29 is 4.79 Å². The second-order valence-electron chi connectivity index (χ2n) is 4.37. The molecule has 1 fully saturated rings. The molecule has 1 rings (SSSR count). The first-order valence-corrected chi connectivity index (χ1v) is 5.74. The molecule has 0 radical (unpaired) electrons. The van der Waals surface area contributed by atoms with E-state index in [0.717, 1.165) is 18.3 Å². The molecule has 0 aromatic carbocycles. The highest BCUT2D eigenvalue weighted by Gasteiger charge is 2.17. The summed E-state index contributed by atoms with van der Waals surface area (Å²) in [4.78, 5) is 10.5. The summed E-state index contributed by atoms with van der Waals surface area (Å²) in [5.74, 6) is 1.79. The Morgan fingerprint density at radius 2 is 1.92 bits per heavy atom. The molecule has 13 heavy (non-hydrogen) atoms. The van der Waals surface area contributed by atoms with E-state index in [0.29, 0.717) is 6.42 Å². The molecule has 0 heterocycles. The third kappa shape index (κ3) is 4.66. The minimum absolute atomic E-state index is 0.177. The molecule has 0 saturated heterocycles. The summed E-state index contributed by atoms with van der Waals surface area (Å²) in [5.41, 5.74) is 0. The van der Waals surface area contributed by atoms with E-state index in [1.54, 1.807) is 0 Å². The van der Waals surface area contributed by atoms with E-state index in [9.17, 15) is 4.79 Å². The van der Waals surface area contributed by atoms with Gasteiger partial charge in [0.1, 0.15) is 0 Å². The van der Waals surface area contributed by atoms with Crippen molar-refractivity contribution >= 4 is 16.8 Å². The van der Waals surface area contributed by atoms with Crippen molar-refractivity contribution in [1.29, 1.82) is 0 Å². The van der Waals surface area contributed by atoms with Gasteiger partial charge in [0.15, 0.2) is 0 Å². The van der Waals surface area contributed by atoms with E-state index in [4.69, 9.17) is 11.6 Å². The Morgan fingerprint density at radius 1 is 1.31 bits per heavy atom. The SMILES string of the molecule is CC1CCC(CCCC(=O)Cl)CC1. The van der Waals surface area contributed by atoms with Crippen molar-refractivity contribution in [2.75, 3.05) is 0 Å². The van der Waals surface area contributed by atoms with Gasteiger partial charge >= 0.3 is 0 Å². The van der Waals surface area contributed by atoms with Gasteiger partial charge in [0.2, 0.25) is 5.24 Å². The first-order valence-electron chi connectivity index (χ1n) is 5.37. The van der Waals surface area contributed by atoms with Crippen LogP contribution in [0.4, 0.5) is 0 Å². The monoisotopic (exact) mass is 202 g/mol. The predicted molar refractivity (Wildman–Crippen MR) is 55.8 cm³/mol. The molecule has 1 aliphatic carbocycles. The van der Waals surface area contributed by atoms with Crippen molar-refractivity contribution in [1.82, 2.24) is 0 Å². The van der Waals surface area contributed by atoms with Crippen molar-refractivity contribution in [3.63, 3.8) is 0 Å². The summed E-state index contributed by atoms with van der Waals surface area (Å²) < 4.78 is 0. The highest BCUT2D eigenvalue weighted by atomic mass is 35.5. The van der Waals surface area contributed by atoms with Crippen molar-refractivity contribution in [2.45, 2.75) is 51.9 Å². The standard InChI is InChI=1S/C11H19ClO/c1-9-5-7-10(8-6-9)3-2-4-11(12)13/h9-10H,2-8H2,1H3. The Labute approximate surface area is 85.8 Å². The smallest absolute Gasteiger partial charge is 0.221 e. The zero-order chi connectivity index (χ0) is 9.68. The van der Waals surface area contributed by atoms with Gasteiger partial charge in [-0.25, -0.2) is 0 Å². The van der Waals surface area contributed by atoms with Gasteiger partial charge in [0.25, 0.3) is 0 Å². The maximum atomic E-state index is 10.5. The number of halogens is 1. The summed E-state index contributed by atoms with van der Waals surface area (Å²) in [6, 6.07) is 0. The van der Waals surface area contributed by atoms with Crippen LogP contribution in [0.3, 0.4) is 0 Å². The van der Waals surface area contributed by atoms with Gasteiger partial charge < -0.3 is 0 Å². The normalized spacial score (nSPS) is 28.8. The Hall–Kier alpha value is -0.0400. The van der Waals surface area contributed by atoms with E-state index in [1.165, 1.54) is 32.1 Å². The molecule has 0 N–H and O–H groups in total. The molecule has 0 aromatic heterocycles. The summed E-state index contributed by atoms with van der Waals surface area (Å²) >= 11 is 5.28. The summed E-state index contributed by atoms with van der Waals surface area (Å²) in [6.45, 7) is 2.33. The fraction of sp³-hybridized carbons (Fsp3) is 0.909. The van der Waals surface area contributed by atoms with Crippen LogP contribution in [0.1, 0.15) is 51.9 Å². The molecule has 0 bridgehead atoms. The molecule has 2 heteroatoms. The first kappa shape index (κ1) is 11.0. The van der Waals surface area contributed by atoms with Crippen molar-refractivity contribution in [3.05, 3.63) is 0 Å². The quantitative estimate of drug-likeness (QED) is 0.635. The second kappa shape index (κ2) is 5.64. The van der Waals surface area contributed by atoms with Gasteiger partial charge in [0.05, 0.1) is 0 Å². The summed E-state index contributed by atoms with van der Waals surface area (Å²) in [5, 5.41) is -0.177. The molecule has 76 valence electrons. The van der Waals surface area contributed by atoms with Crippen LogP contribution >= 0.6 is 11.6 Å². The highest BCUT2D eigenvalue weighted by Crippen LogP contribution is 2.31. The zero-order valence-corrected chi connectivity index (χ0v) is 9.15. The Bertz CT molecular complexity index is 159. The molecular formula is C11H19ClO. The van der Waals surface area contributed by atoms with E-state index >= 15 is 0 Å². The van der Waals surface area contributed by atoms with E-state index in [-0.39, 0.29) is 5.24 Å². The van der Waals surface area contributed by atoms with Crippen molar-refractivity contribution in [3.8, 4) is 0 Å². The predicted octanol–water partition coefficient (Wildman–Crippen LogP) is 3.75. The maximum absolute atomic E-state index is 10.5. The lowest BCUT2D eigenvalue weighted by Gasteiger charge is -2.25. The van der Waals surface area contributed by atoms with Gasteiger partial charge in [-0.2, -0.15) is 0 Å². The lowest BCUT2D eigenvalue weighted by atomic mass is 9.81. The van der Waals surface area contributed by atoms with Crippen LogP contribution in [0.25, 0.3) is 0 Å². The summed E-state index contributed by atoms with van der Waals surface area (Å²) in [6.07, 6.45) is 8.22. The maximum Gasteiger partial charge on any atom is 0.221 e. The third-order valence-electron chi connectivity index (χ3n) is 3.12. The van der Waals surface area contributed by atoms with Crippen LogP contribution < -0.4 is 0 Å². The number of rotatable bonds is 4. The van der Waals surface area contributed by atoms with Gasteiger partial charge in [-0.3, -0.25) is 4.79 Å². The second-order valence-corrected chi connectivity index (χ2v) is 4.79. The molecule has 0 atom stereocenters. The fourth-order valence-electron chi connectivity index (χ4n) is 2.15. The Kier molecular flexibility index (Phi) is 4.79. The number of carbonyl (C=O) groups is 1. The van der Waals surface area contributed by atoms with Crippen LogP contribution in [0, 0.1) is 11.8 Å². The lowest BCUT2D eigenvalue weighted by Crippen LogP contribution is -2.12. The van der Waals surface area contributed by atoms with Crippen LogP contribution in [-0.4, -0.2) is 5.24 Å². The summed E-state index contributed by atoms with van der Waals surface area (Å²) in [7, 11) is 0. The Balaban J connectivity index is 2.05. The van der Waals surface area contributed by atoms with E-state index in [2.05, 4.69) is 6.92 Å². The highest BCUT2D eigenvalue weighted by molar-refractivity contribution is 6.63. The molecule has 0 spiro atoms. The van der Waals surface area contributed by atoms with Gasteiger partial charge in [0, 0.05) is 6.42 Å². The van der Waals surface area contributed by atoms with Gasteiger partial charge in [-0.15, -0.1) is 0 Å². The number of hydrogen-bond acceptors (Lipinski definition) is 1. The van der Waals surface area contributed by atoms with Gasteiger partial charge in [-0.1, -0.05) is 32.6 Å². The van der Waals surface area contributed by atoms with Crippen LogP contribution in [0.15, 0.2) is 0 Å². The fourth-order valence-corrected chi connectivity index (χ4v) is 2.28. The minimum Gasteiger partial charge on any atom is -0.281 e. The first-order chi connectivity index (χ1) is 6.18. The van der Waals surface area contributed by atoms with Crippen LogP contribution in [0.2, 0.25) is 0 Å². The average molecular weight is 203 g/mol. The van der Waals surface area contributed by atoms with Crippen LogP contribution in [0.5, 0.6) is 0 Å². The molecule has 1 nitrogen and oxygen atoms in total. The largest absolute Gasteiger partial charge is 0.281 e. The molecule has 0 amide bonds. The van der Waals surface area contributed by atoms with Crippen molar-refractivity contribution in [2.24, 2.45) is 11.8 Å². The molecule has 0 aliphatic heterocycles. The van der Waals surface area contributed by atoms with Crippen LogP contribution in [-0.2, 0) is 4.79 Å². The number of carbonyl (C=O) groups excluding carboxylic acids is 1. The van der Waals surface area contributed by atoms with E-state index in [1.807, 2.05) is 0 Å². The number of hydrogen-bond donors (Lipinski definition) is 0. The molecule has 1 saturated carbocycles. The molecule has 0 unspecified atom stereocenters. The lowest BCUT2D eigenvalue weighted by molar-refractivity contribution is -0.111. The zero-order valence-electron chi connectivity index (χ0n) is 8.39. The van der Waals surface area contributed by atoms with E-state index < -0.39 is 0 Å². The molecular weight excluding hydrogens is 184 g/mol. The Morgan fingerprint density at radius 3 is 2.46 bits per heavy atom. The van der Waals surface area contributed by atoms with Gasteiger partial charge in [-0.05, 0) is 36.3 Å². The minimum atomic E-state index is -0.177. The topological polar surface area (TPSA) is 17.1 Å².